The highest BCUT2D eigenvalue weighted by atomic mass is 19.4. The molecule has 7 heteroatoms. The van der Waals surface area contributed by atoms with Crippen LogP contribution in [0.25, 0.3) is 11.1 Å². The van der Waals surface area contributed by atoms with Crippen LogP contribution in [0.1, 0.15) is 29.0 Å². The number of benzene rings is 2. The molecule has 0 radical (unpaired) electrons. The van der Waals surface area contributed by atoms with Gasteiger partial charge in [0.15, 0.2) is 0 Å². The van der Waals surface area contributed by atoms with Crippen LogP contribution in [-0.2, 0) is 12.6 Å². The fourth-order valence-electron chi connectivity index (χ4n) is 2.48. The molecule has 0 aliphatic heterocycles. The van der Waals surface area contributed by atoms with Crippen LogP contribution >= 0.6 is 0 Å². The van der Waals surface area contributed by atoms with Crippen molar-refractivity contribution in [3.05, 3.63) is 71.4 Å². The first-order chi connectivity index (χ1) is 11.8. The summed E-state index contributed by atoms with van der Waals surface area (Å²) >= 11 is 0. The molecule has 0 saturated carbocycles. The highest BCUT2D eigenvalue weighted by molar-refractivity contribution is 5.64. The number of hydrogen-bond acceptors (Lipinski definition) is 4. The first-order valence-electron chi connectivity index (χ1n) is 7.57. The Kier molecular flexibility index (Phi) is 4.59. The van der Waals surface area contributed by atoms with E-state index in [9.17, 15) is 18.3 Å². The second-order valence-electron chi connectivity index (χ2n) is 5.64. The van der Waals surface area contributed by atoms with Gasteiger partial charge in [0.1, 0.15) is 0 Å². The largest absolute Gasteiger partial charge is 0.425 e. The van der Waals surface area contributed by atoms with Crippen molar-refractivity contribution in [3.63, 3.8) is 0 Å². The van der Waals surface area contributed by atoms with Crippen molar-refractivity contribution in [2.24, 2.45) is 0 Å². The van der Waals surface area contributed by atoms with Gasteiger partial charge in [0.05, 0.1) is 18.1 Å². The highest BCUT2D eigenvalue weighted by Crippen LogP contribution is 2.31. The summed E-state index contributed by atoms with van der Waals surface area (Å²) in [6.07, 6.45) is -5.05. The fraction of sp³-hybridized carbons (Fsp3) is 0.222. The van der Waals surface area contributed by atoms with Gasteiger partial charge in [0, 0.05) is 6.92 Å². The van der Waals surface area contributed by atoms with E-state index in [4.69, 9.17) is 4.42 Å². The number of nitrogens with zero attached hydrogens (tertiary/aromatic N) is 2. The maximum atomic E-state index is 12.6. The quantitative estimate of drug-likeness (QED) is 0.762. The van der Waals surface area contributed by atoms with E-state index in [1.165, 1.54) is 12.1 Å². The molecule has 2 aromatic carbocycles. The predicted molar refractivity (Wildman–Crippen MR) is 84.6 cm³/mol. The zero-order valence-corrected chi connectivity index (χ0v) is 13.3. The molecule has 0 bridgehead atoms. The maximum Gasteiger partial charge on any atom is 0.416 e. The van der Waals surface area contributed by atoms with Crippen molar-refractivity contribution in [1.29, 1.82) is 0 Å². The minimum Gasteiger partial charge on any atom is -0.425 e. The van der Waals surface area contributed by atoms with Gasteiger partial charge in [-0.25, -0.2) is 0 Å². The lowest BCUT2D eigenvalue weighted by Crippen LogP contribution is -2.04. The van der Waals surface area contributed by atoms with Gasteiger partial charge >= 0.3 is 6.18 Å². The van der Waals surface area contributed by atoms with Gasteiger partial charge in [-0.3, -0.25) is 0 Å². The lowest BCUT2D eigenvalue weighted by molar-refractivity contribution is -0.137. The molecule has 1 N–H and O–H groups in total. The second kappa shape index (κ2) is 6.68. The molecule has 25 heavy (non-hydrogen) atoms. The van der Waals surface area contributed by atoms with Crippen LogP contribution in [0, 0.1) is 6.92 Å². The number of halogens is 3. The lowest BCUT2D eigenvalue weighted by atomic mass is 9.98. The van der Waals surface area contributed by atoms with Gasteiger partial charge in [-0.1, -0.05) is 30.3 Å². The summed E-state index contributed by atoms with van der Waals surface area (Å²) < 4.78 is 43.2. The summed E-state index contributed by atoms with van der Waals surface area (Å²) in [6, 6.07) is 11.9. The van der Waals surface area contributed by atoms with Crippen LogP contribution in [0.15, 0.2) is 52.9 Å². The summed E-state index contributed by atoms with van der Waals surface area (Å²) in [4.78, 5) is 0. The average molecular weight is 348 g/mol. The molecule has 3 aromatic rings. The molecular weight excluding hydrogens is 333 g/mol. The van der Waals surface area contributed by atoms with E-state index in [1.807, 2.05) is 0 Å². The van der Waals surface area contributed by atoms with Gasteiger partial charge < -0.3 is 9.52 Å². The third kappa shape index (κ3) is 4.06. The average Bonchev–Trinajstić information content (AvgIpc) is 2.99. The van der Waals surface area contributed by atoms with Crippen molar-refractivity contribution in [2.45, 2.75) is 25.6 Å². The lowest BCUT2D eigenvalue weighted by Gasteiger charge is -2.11. The molecule has 0 saturated heterocycles. The predicted octanol–water partition coefficient (Wildman–Crippen LogP) is 4.34. The molecule has 1 atom stereocenters. The van der Waals surface area contributed by atoms with Crippen molar-refractivity contribution >= 4 is 0 Å². The number of aryl methyl sites for hydroxylation is 1. The van der Waals surface area contributed by atoms with E-state index >= 15 is 0 Å². The molecule has 0 amide bonds. The van der Waals surface area contributed by atoms with Crippen LogP contribution in [0.5, 0.6) is 0 Å². The second-order valence-corrected chi connectivity index (χ2v) is 5.64. The Morgan fingerprint density at radius 3 is 2.36 bits per heavy atom. The van der Waals surface area contributed by atoms with Crippen molar-refractivity contribution < 1.29 is 22.7 Å². The summed E-state index contributed by atoms with van der Waals surface area (Å²) in [5, 5.41) is 17.9. The number of aromatic nitrogens is 2. The molecule has 1 unspecified atom stereocenters. The van der Waals surface area contributed by atoms with Crippen molar-refractivity contribution in [3.8, 4) is 11.1 Å². The van der Waals surface area contributed by atoms with E-state index in [2.05, 4.69) is 10.2 Å². The van der Waals surface area contributed by atoms with E-state index in [1.54, 1.807) is 31.2 Å². The number of rotatable bonds is 4. The SMILES string of the molecule is Cc1nnc(CC(O)c2cccc(-c3ccc(C(F)(F)F)cc3)c2)o1. The molecule has 0 aliphatic rings. The Bertz CT molecular complexity index is 857. The van der Waals surface area contributed by atoms with Crippen LogP contribution in [-0.4, -0.2) is 15.3 Å². The molecule has 0 fully saturated rings. The summed E-state index contributed by atoms with van der Waals surface area (Å²) in [5.41, 5.74) is 1.27. The molecule has 0 aliphatic carbocycles. The standard InChI is InChI=1S/C18H15F3N2O2/c1-11-22-23-17(25-11)10-16(24)14-4-2-3-13(9-14)12-5-7-15(8-6-12)18(19,20)21/h2-9,16,24H,10H2,1H3. The van der Waals surface area contributed by atoms with Crippen LogP contribution in [0.3, 0.4) is 0 Å². The monoisotopic (exact) mass is 348 g/mol. The Morgan fingerprint density at radius 1 is 1.04 bits per heavy atom. The Labute approximate surface area is 141 Å². The summed E-state index contributed by atoms with van der Waals surface area (Å²) in [5.74, 6) is 0.741. The van der Waals surface area contributed by atoms with E-state index in [0.29, 0.717) is 28.5 Å². The Hall–Kier alpha value is -2.67. The molecule has 1 heterocycles. The summed E-state index contributed by atoms with van der Waals surface area (Å²) in [7, 11) is 0. The summed E-state index contributed by atoms with van der Waals surface area (Å²) in [6.45, 7) is 1.66. The first-order valence-corrected chi connectivity index (χ1v) is 7.57. The molecular formula is C18H15F3N2O2. The smallest absolute Gasteiger partial charge is 0.416 e. The van der Waals surface area contributed by atoms with Gasteiger partial charge in [-0.15, -0.1) is 10.2 Å². The zero-order valence-electron chi connectivity index (χ0n) is 13.3. The topological polar surface area (TPSA) is 59.2 Å². The Morgan fingerprint density at radius 2 is 1.76 bits per heavy atom. The minimum atomic E-state index is -4.36. The molecule has 0 spiro atoms. The number of aliphatic hydroxyl groups is 1. The molecule has 130 valence electrons. The number of hydrogen-bond donors (Lipinski definition) is 1. The first kappa shape index (κ1) is 17.2. The normalized spacial score (nSPS) is 13.0. The van der Waals surface area contributed by atoms with E-state index < -0.39 is 17.8 Å². The minimum absolute atomic E-state index is 0.164. The van der Waals surface area contributed by atoms with E-state index in [0.717, 1.165) is 12.1 Å². The van der Waals surface area contributed by atoms with Gasteiger partial charge in [-0.05, 0) is 34.9 Å². The molecule has 1 aromatic heterocycles. The van der Waals surface area contributed by atoms with Gasteiger partial charge in [0.2, 0.25) is 11.8 Å². The maximum absolute atomic E-state index is 12.6. The number of aliphatic hydroxyl groups excluding tert-OH is 1. The van der Waals surface area contributed by atoms with Gasteiger partial charge in [-0.2, -0.15) is 13.2 Å². The third-order valence-corrected chi connectivity index (χ3v) is 3.75. The molecule has 3 rings (SSSR count). The van der Waals surface area contributed by atoms with Crippen LogP contribution < -0.4 is 0 Å². The zero-order chi connectivity index (χ0) is 18.0. The van der Waals surface area contributed by atoms with Crippen LogP contribution in [0.4, 0.5) is 13.2 Å². The highest BCUT2D eigenvalue weighted by Gasteiger charge is 2.30. The van der Waals surface area contributed by atoms with Crippen molar-refractivity contribution in [2.75, 3.05) is 0 Å². The number of alkyl halides is 3. The molecule has 4 nitrogen and oxygen atoms in total. The Balaban J connectivity index is 1.81. The van der Waals surface area contributed by atoms with Crippen LogP contribution in [0.2, 0.25) is 0 Å². The van der Waals surface area contributed by atoms with Crippen molar-refractivity contribution in [1.82, 2.24) is 10.2 Å². The third-order valence-electron chi connectivity index (χ3n) is 3.75. The van der Waals surface area contributed by atoms with E-state index in [-0.39, 0.29) is 6.42 Å². The fourth-order valence-corrected chi connectivity index (χ4v) is 2.48. The van der Waals surface area contributed by atoms with Gasteiger partial charge in [0.25, 0.3) is 0 Å².